The van der Waals surface area contributed by atoms with Gasteiger partial charge in [-0.25, -0.2) is 13.6 Å². The van der Waals surface area contributed by atoms with Crippen molar-refractivity contribution in [1.82, 2.24) is 14.8 Å². The first-order chi connectivity index (χ1) is 9.59. The SMILES string of the molecule is CC(C)(C)n1c(Cc2cccc(Br)c2)nnc1S(N)(=O)=O. The second-order valence-electron chi connectivity index (χ2n) is 5.76. The van der Waals surface area contributed by atoms with E-state index in [0.717, 1.165) is 10.0 Å². The Morgan fingerprint density at radius 1 is 1.29 bits per heavy atom. The fourth-order valence-electron chi connectivity index (χ4n) is 2.10. The summed E-state index contributed by atoms with van der Waals surface area (Å²) in [5.41, 5.74) is 0.510. The van der Waals surface area contributed by atoms with Crippen molar-refractivity contribution >= 4 is 26.0 Å². The predicted octanol–water partition coefficient (Wildman–Crippen LogP) is 2.03. The molecule has 0 spiro atoms. The third kappa shape index (κ3) is 3.69. The van der Waals surface area contributed by atoms with Gasteiger partial charge in [0.1, 0.15) is 5.82 Å². The molecule has 1 heterocycles. The number of nitrogens with two attached hydrogens (primary N) is 1. The minimum absolute atomic E-state index is 0.208. The highest BCUT2D eigenvalue weighted by molar-refractivity contribution is 9.10. The summed E-state index contributed by atoms with van der Waals surface area (Å²) in [4.78, 5) is 0. The lowest BCUT2D eigenvalue weighted by Gasteiger charge is -2.24. The summed E-state index contributed by atoms with van der Waals surface area (Å²) in [7, 11) is -3.92. The molecule has 1 aromatic heterocycles. The van der Waals surface area contributed by atoms with Gasteiger partial charge in [0, 0.05) is 16.4 Å². The molecular weight excluding hydrogens is 356 g/mol. The quantitative estimate of drug-likeness (QED) is 0.891. The van der Waals surface area contributed by atoms with Gasteiger partial charge < -0.3 is 0 Å². The summed E-state index contributed by atoms with van der Waals surface area (Å²) in [6.07, 6.45) is 0.471. The Bertz CT molecular complexity index is 763. The van der Waals surface area contributed by atoms with Crippen LogP contribution in [0.1, 0.15) is 32.2 Å². The van der Waals surface area contributed by atoms with E-state index in [1.165, 1.54) is 0 Å². The predicted molar refractivity (Wildman–Crippen MR) is 83.3 cm³/mol. The standard InChI is InChI=1S/C13H17BrN4O2S/c1-13(2,3)18-11(16-17-12(18)21(15,19)20)8-9-5-4-6-10(14)7-9/h4-7H,8H2,1-3H3,(H2,15,19,20). The van der Waals surface area contributed by atoms with Gasteiger partial charge in [-0.3, -0.25) is 4.57 Å². The Morgan fingerprint density at radius 3 is 2.48 bits per heavy atom. The molecule has 0 aliphatic rings. The van der Waals surface area contributed by atoms with Gasteiger partial charge >= 0.3 is 0 Å². The number of hydrogen-bond donors (Lipinski definition) is 1. The van der Waals surface area contributed by atoms with Crippen molar-refractivity contribution < 1.29 is 8.42 Å². The van der Waals surface area contributed by atoms with Gasteiger partial charge in [-0.05, 0) is 38.5 Å². The highest BCUT2D eigenvalue weighted by atomic mass is 79.9. The van der Waals surface area contributed by atoms with Crippen LogP contribution in [0, 0.1) is 0 Å². The summed E-state index contributed by atoms with van der Waals surface area (Å²) >= 11 is 3.41. The van der Waals surface area contributed by atoms with Crippen LogP contribution in [0.15, 0.2) is 33.9 Å². The normalized spacial score (nSPS) is 12.6. The number of nitrogens with zero attached hydrogens (tertiary/aromatic N) is 3. The Balaban J connectivity index is 2.53. The van der Waals surface area contributed by atoms with E-state index in [4.69, 9.17) is 5.14 Å². The topological polar surface area (TPSA) is 90.9 Å². The minimum atomic E-state index is -3.92. The molecule has 2 N–H and O–H groups in total. The molecule has 0 aliphatic heterocycles. The molecule has 0 atom stereocenters. The zero-order valence-electron chi connectivity index (χ0n) is 12.0. The third-order valence-electron chi connectivity index (χ3n) is 2.88. The van der Waals surface area contributed by atoms with Gasteiger partial charge in [0.05, 0.1) is 0 Å². The van der Waals surface area contributed by atoms with Crippen LogP contribution in [-0.2, 0) is 22.0 Å². The van der Waals surface area contributed by atoms with Crippen molar-refractivity contribution in [3.63, 3.8) is 0 Å². The molecule has 2 aromatic rings. The average Bonchev–Trinajstić information content (AvgIpc) is 2.72. The van der Waals surface area contributed by atoms with Gasteiger partial charge in [0.15, 0.2) is 0 Å². The summed E-state index contributed by atoms with van der Waals surface area (Å²) in [6.45, 7) is 5.65. The van der Waals surface area contributed by atoms with Crippen molar-refractivity contribution in [2.45, 2.75) is 37.9 Å². The van der Waals surface area contributed by atoms with Crippen LogP contribution in [0.2, 0.25) is 0 Å². The van der Waals surface area contributed by atoms with Crippen LogP contribution in [0.25, 0.3) is 0 Å². The highest BCUT2D eigenvalue weighted by Crippen LogP contribution is 2.23. The molecule has 6 nitrogen and oxygen atoms in total. The van der Waals surface area contributed by atoms with Gasteiger partial charge in [-0.2, -0.15) is 0 Å². The number of hydrogen-bond acceptors (Lipinski definition) is 4. The molecule has 0 bridgehead atoms. The number of rotatable bonds is 3. The molecule has 0 amide bonds. The smallest absolute Gasteiger partial charge is 0.273 e. The summed E-state index contributed by atoms with van der Waals surface area (Å²) in [6, 6.07) is 7.74. The molecule has 0 fully saturated rings. The van der Waals surface area contributed by atoms with Crippen molar-refractivity contribution in [2.24, 2.45) is 5.14 Å². The number of primary sulfonamides is 1. The Morgan fingerprint density at radius 2 is 1.95 bits per heavy atom. The monoisotopic (exact) mass is 372 g/mol. The Kier molecular flexibility index (Phi) is 4.23. The van der Waals surface area contributed by atoms with Crippen molar-refractivity contribution in [2.75, 3.05) is 0 Å². The Hall–Kier alpha value is -1.25. The average molecular weight is 373 g/mol. The number of aromatic nitrogens is 3. The zero-order valence-corrected chi connectivity index (χ0v) is 14.4. The van der Waals surface area contributed by atoms with E-state index in [1.807, 2.05) is 45.0 Å². The van der Waals surface area contributed by atoms with E-state index >= 15 is 0 Å². The molecule has 0 unspecified atom stereocenters. The van der Waals surface area contributed by atoms with E-state index in [1.54, 1.807) is 4.57 Å². The molecule has 0 saturated carbocycles. The molecule has 114 valence electrons. The molecule has 0 radical (unpaired) electrons. The zero-order chi connectivity index (χ0) is 15.8. The van der Waals surface area contributed by atoms with Gasteiger partial charge in [-0.1, -0.05) is 28.1 Å². The lowest BCUT2D eigenvalue weighted by atomic mass is 10.1. The van der Waals surface area contributed by atoms with Crippen molar-refractivity contribution in [3.05, 3.63) is 40.1 Å². The largest absolute Gasteiger partial charge is 0.295 e. The fourth-order valence-corrected chi connectivity index (χ4v) is 3.34. The molecule has 2 rings (SSSR count). The fraction of sp³-hybridized carbons (Fsp3) is 0.385. The van der Waals surface area contributed by atoms with Crippen LogP contribution in [0.4, 0.5) is 0 Å². The highest BCUT2D eigenvalue weighted by Gasteiger charge is 2.28. The maximum absolute atomic E-state index is 11.7. The molecule has 21 heavy (non-hydrogen) atoms. The second kappa shape index (κ2) is 5.51. The van der Waals surface area contributed by atoms with E-state index in [9.17, 15) is 8.42 Å². The van der Waals surface area contributed by atoms with Crippen LogP contribution < -0.4 is 5.14 Å². The summed E-state index contributed by atoms with van der Waals surface area (Å²) in [5.74, 6) is 0.560. The Labute approximate surface area is 132 Å². The van der Waals surface area contributed by atoms with Crippen molar-refractivity contribution in [1.29, 1.82) is 0 Å². The van der Waals surface area contributed by atoms with Gasteiger partial charge in [0.25, 0.3) is 15.2 Å². The summed E-state index contributed by atoms with van der Waals surface area (Å²) in [5, 5.41) is 12.8. The molecule has 0 saturated heterocycles. The molecular formula is C13H17BrN4O2S. The molecule has 0 aliphatic carbocycles. The minimum Gasteiger partial charge on any atom is -0.295 e. The first kappa shape index (κ1) is 16.1. The first-order valence-electron chi connectivity index (χ1n) is 6.31. The molecule has 1 aromatic carbocycles. The van der Waals surface area contributed by atoms with E-state index in [2.05, 4.69) is 26.1 Å². The van der Waals surface area contributed by atoms with Gasteiger partial charge in [-0.15, -0.1) is 10.2 Å². The number of sulfonamides is 1. The van der Waals surface area contributed by atoms with Crippen molar-refractivity contribution in [3.8, 4) is 0 Å². The van der Waals surface area contributed by atoms with E-state index in [-0.39, 0.29) is 5.16 Å². The number of benzene rings is 1. The summed E-state index contributed by atoms with van der Waals surface area (Å²) < 4.78 is 25.9. The third-order valence-corrected chi connectivity index (χ3v) is 4.14. The second-order valence-corrected chi connectivity index (χ2v) is 8.13. The molecule has 8 heteroatoms. The van der Waals surface area contributed by atoms with Crippen LogP contribution in [0.5, 0.6) is 0 Å². The van der Waals surface area contributed by atoms with Gasteiger partial charge in [0.2, 0.25) is 0 Å². The maximum atomic E-state index is 11.7. The van der Waals surface area contributed by atoms with Crippen LogP contribution in [0.3, 0.4) is 0 Å². The van der Waals surface area contributed by atoms with Crippen LogP contribution >= 0.6 is 15.9 Å². The lowest BCUT2D eigenvalue weighted by molar-refractivity contribution is 0.351. The van der Waals surface area contributed by atoms with Crippen LogP contribution in [-0.4, -0.2) is 23.2 Å². The van der Waals surface area contributed by atoms with E-state index in [0.29, 0.717) is 12.2 Å². The number of halogens is 1. The van der Waals surface area contributed by atoms with E-state index < -0.39 is 15.6 Å². The first-order valence-corrected chi connectivity index (χ1v) is 8.65. The maximum Gasteiger partial charge on any atom is 0.273 e. The lowest BCUT2D eigenvalue weighted by Crippen LogP contribution is -2.30.